The normalized spacial score (nSPS) is 23.7. The number of nitrogens with one attached hydrogen (secondary N) is 1. The number of rotatable bonds is 5. The molecule has 30 heavy (non-hydrogen) atoms. The molecule has 1 fully saturated rings. The Bertz CT molecular complexity index is 715. The zero-order valence-corrected chi connectivity index (χ0v) is 22.8. The van der Waals surface area contributed by atoms with E-state index < -0.39 is 22.0 Å². The lowest BCUT2D eigenvalue weighted by atomic mass is 9.99. The number of hydrogen-bond donors (Lipinski definition) is 1. The molecule has 6 nitrogen and oxygen atoms in total. The minimum atomic E-state index is -1.94. The van der Waals surface area contributed by atoms with Gasteiger partial charge in [0, 0.05) is 0 Å². The van der Waals surface area contributed by atoms with E-state index in [2.05, 4.69) is 58.9 Å². The molecule has 0 saturated carbocycles. The highest BCUT2D eigenvalue weighted by molar-refractivity contribution is 6.78. The lowest BCUT2D eigenvalue weighted by Crippen LogP contribution is -2.55. The smallest absolute Gasteiger partial charge is 0.424 e. The van der Waals surface area contributed by atoms with Crippen molar-refractivity contribution in [3.05, 3.63) is 24.2 Å². The van der Waals surface area contributed by atoms with Gasteiger partial charge in [-0.1, -0.05) is 40.4 Å². The molecule has 1 N–H and O–H groups in total. The first-order valence-electron chi connectivity index (χ1n) is 10.9. The largest absolute Gasteiger partial charge is 0.469 e. The Morgan fingerprint density at radius 1 is 1.13 bits per heavy atom. The second-order valence-electron chi connectivity index (χ2n) is 12.0. The molecular weight excluding hydrogens is 412 g/mol. The van der Waals surface area contributed by atoms with Gasteiger partial charge in [-0.15, -0.1) is 0 Å². The van der Waals surface area contributed by atoms with Crippen LogP contribution in [0.5, 0.6) is 0 Å². The van der Waals surface area contributed by atoms with Crippen molar-refractivity contribution in [2.75, 3.05) is 6.61 Å². The van der Waals surface area contributed by atoms with Crippen LogP contribution in [0.25, 0.3) is 0 Å². The first-order valence-corrected chi connectivity index (χ1v) is 17.4. The average Bonchev–Trinajstić information content (AvgIpc) is 3.16. The number of nitrogens with zero attached hydrogens (tertiary/aromatic N) is 1. The zero-order chi connectivity index (χ0) is 23.1. The fraction of sp³-hybridized carbons (Fsp3) is 0.773. The van der Waals surface area contributed by atoms with Gasteiger partial charge < -0.3 is 13.6 Å². The van der Waals surface area contributed by atoms with Crippen molar-refractivity contribution in [1.82, 2.24) is 10.4 Å². The Hall–Kier alpha value is -1.10. The summed E-state index contributed by atoms with van der Waals surface area (Å²) in [7, 11) is -3.78. The van der Waals surface area contributed by atoms with Gasteiger partial charge in [-0.3, -0.25) is 0 Å². The van der Waals surface area contributed by atoms with Gasteiger partial charge in [0.05, 0.1) is 38.6 Å². The van der Waals surface area contributed by atoms with Crippen molar-refractivity contribution < 1.29 is 18.4 Å². The predicted molar refractivity (Wildman–Crippen MR) is 127 cm³/mol. The number of carbonyl (C=O) groups excluding carboxylic acids is 1. The molecule has 2 rings (SSSR count). The Labute approximate surface area is 184 Å². The lowest BCUT2D eigenvalue weighted by Gasteiger charge is -2.37. The Morgan fingerprint density at radius 3 is 2.17 bits per heavy atom. The van der Waals surface area contributed by atoms with Crippen molar-refractivity contribution in [2.45, 2.75) is 103 Å². The van der Waals surface area contributed by atoms with Crippen LogP contribution in [0.4, 0.5) is 4.79 Å². The molecule has 1 aliphatic heterocycles. The number of hydrazine groups is 1. The van der Waals surface area contributed by atoms with E-state index in [0.29, 0.717) is 6.61 Å². The summed E-state index contributed by atoms with van der Waals surface area (Å²) in [6.45, 7) is 24.3. The van der Waals surface area contributed by atoms with E-state index in [4.69, 9.17) is 13.6 Å². The number of furan rings is 1. The Kier molecular flexibility index (Phi) is 7.08. The van der Waals surface area contributed by atoms with Crippen molar-refractivity contribution in [3.63, 3.8) is 0 Å². The quantitative estimate of drug-likeness (QED) is 0.573. The van der Waals surface area contributed by atoms with Crippen LogP contribution < -0.4 is 5.43 Å². The van der Waals surface area contributed by atoms with Gasteiger partial charge >= 0.3 is 6.09 Å². The summed E-state index contributed by atoms with van der Waals surface area (Å²) in [5, 5.41) is 1.85. The minimum absolute atomic E-state index is 0.00786. The lowest BCUT2D eigenvalue weighted by molar-refractivity contribution is 0.0154. The van der Waals surface area contributed by atoms with Crippen LogP contribution in [0.3, 0.4) is 0 Å². The molecule has 1 aliphatic rings. The van der Waals surface area contributed by atoms with Gasteiger partial charge in [-0.05, 0) is 51.0 Å². The molecule has 0 aromatic carbocycles. The van der Waals surface area contributed by atoms with Gasteiger partial charge in [0.1, 0.15) is 11.4 Å². The standard InChI is InChI=1S/C22H42N2O4Si2/c1-21(2,3)28-20(25)24-19(29(7,8)9)18(17-13-12-14-26-17)16(23-24)15-27-30(10,11)22(4,5)6/h12-14,16,18-19,23H,15H2,1-11H3/t16-,18-,19-/m0/s1. The highest BCUT2D eigenvalue weighted by atomic mass is 28.4. The van der Waals surface area contributed by atoms with Crippen LogP contribution in [-0.4, -0.2) is 51.4 Å². The second-order valence-corrected chi connectivity index (χ2v) is 22.1. The molecule has 8 heteroatoms. The average molecular weight is 455 g/mol. The van der Waals surface area contributed by atoms with Crippen LogP contribution in [-0.2, 0) is 9.16 Å². The summed E-state index contributed by atoms with van der Waals surface area (Å²) < 4.78 is 18.2. The van der Waals surface area contributed by atoms with E-state index in [1.807, 2.05) is 32.9 Å². The van der Waals surface area contributed by atoms with Crippen LogP contribution >= 0.6 is 0 Å². The van der Waals surface area contributed by atoms with Crippen molar-refractivity contribution in [1.29, 1.82) is 0 Å². The summed E-state index contributed by atoms with van der Waals surface area (Å²) in [4.78, 5) is 13.1. The number of carbonyl (C=O) groups is 1. The summed E-state index contributed by atoms with van der Waals surface area (Å²) in [5.74, 6) is 0.911. The van der Waals surface area contributed by atoms with Crippen molar-refractivity contribution >= 4 is 22.5 Å². The third-order valence-corrected chi connectivity index (χ3v) is 13.0. The third-order valence-electron chi connectivity index (χ3n) is 6.14. The molecule has 1 amide bonds. The molecule has 0 unspecified atom stereocenters. The SMILES string of the molecule is CC(C)(C)OC(=O)N1N[C@@H](CO[Si](C)(C)C(C)(C)C)[C@@H](c2ccco2)[C@@H]1[Si](C)(C)C. The van der Waals surface area contributed by atoms with Gasteiger partial charge in [0.25, 0.3) is 0 Å². The molecule has 3 atom stereocenters. The molecule has 1 aromatic heterocycles. The molecule has 0 aliphatic carbocycles. The van der Waals surface area contributed by atoms with Crippen LogP contribution in [0.1, 0.15) is 53.2 Å². The molecule has 1 aromatic rings. The predicted octanol–water partition coefficient (Wildman–Crippen LogP) is 5.75. The maximum absolute atomic E-state index is 13.1. The monoisotopic (exact) mass is 454 g/mol. The highest BCUT2D eigenvalue weighted by Gasteiger charge is 2.53. The van der Waals surface area contributed by atoms with Crippen LogP contribution in [0.2, 0.25) is 37.8 Å². The van der Waals surface area contributed by atoms with E-state index in [-0.39, 0.29) is 28.8 Å². The summed E-state index contributed by atoms with van der Waals surface area (Å²) in [6, 6.07) is 3.87. The van der Waals surface area contributed by atoms with Gasteiger partial charge in [-0.25, -0.2) is 15.2 Å². The van der Waals surface area contributed by atoms with E-state index in [1.54, 1.807) is 11.3 Å². The molecule has 0 bridgehead atoms. The molecule has 172 valence electrons. The fourth-order valence-corrected chi connectivity index (χ4v) is 7.07. The van der Waals surface area contributed by atoms with E-state index in [9.17, 15) is 4.79 Å². The number of ether oxygens (including phenoxy) is 1. The topological polar surface area (TPSA) is 63.9 Å². The Morgan fingerprint density at radius 2 is 1.73 bits per heavy atom. The van der Waals surface area contributed by atoms with Crippen molar-refractivity contribution in [3.8, 4) is 0 Å². The van der Waals surface area contributed by atoms with Gasteiger partial charge in [0.2, 0.25) is 0 Å². The van der Waals surface area contributed by atoms with Gasteiger partial charge in [-0.2, -0.15) is 0 Å². The molecule has 0 spiro atoms. The second kappa shape index (κ2) is 8.45. The maximum Gasteiger partial charge on any atom is 0.424 e. The fourth-order valence-electron chi connectivity index (χ4n) is 3.61. The molecule has 2 heterocycles. The number of hydrogen-bond acceptors (Lipinski definition) is 5. The van der Waals surface area contributed by atoms with Crippen LogP contribution in [0, 0.1) is 0 Å². The molecular formula is C22H42N2O4Si2. The zero-order valence-electron chi connectivity index (χ0n) is 20.8. The summed E-state index contributed by atoms with van der Waals surface area (Å²) in [5.41, 5.74) is 2.90. The molecule has 1 saturated heterocycles. The number of amides is 1. The molecule has 0 radical (unpaired) electrons. The van der Waals surface area contributed by atoms with E-state index >= 15 is 0 Å². The highest BCUT2D eigenvalue weighted by Crippen LogP contribution is 2.41. The summed E-state index contributed by atoms with van der Waals surface area (Å²) in [6.07, 6.45) is 1.37. The van der Waals surface area contributed by atoms with Crippen molar-refractivity contribution in [2.24, 2.45) is 0 Å². The van der Waals surface area contributed by atoms with E-state index in [0.717, 1.165) is 5.76 Å². The maximum atomic E-state index is 13.1. The van der Waals surface area contributed by atoms with E-state index in [1.165, 1.54) is 0 Å². The van der Waals surface area contributed by atoms with Crippen LogP contribution in [0.15, 0.2) is 22.8 Å². The van der Waals surface area contributed by atoms with Gasteiger partial charge in [0.15, 0.2) is 8.32 Å². The summed E-state index contributed by atoms with van der Waals surface area (Å²) >= 11 is 0. The Balaban J connectivity index is 2.39. The third kappa shape index (κ3) is 5.78. The first kappa shape index (κ1) is 25.2. The minimum Gasteiger partial charge on any atom is -0.469 e. The first-order chi connectivity index (χ1) is 13.4.